The SMILES string of the molecule is COC(=O)COc1ccc(NC(=O)[C@H](C)N)cc1.Cl. The molecule has 0 heterocycles. The molecule has 1 aromatic carbocycles. The summed E-state index contributed by atoms with van der Waals surface area (Å²) in [4.78, 5) is 22.2. The van der Waals surface area contributed by atoms with Crippen LogP contribution in [0.4, 0.5) is 5.69 Å². The number of carbonyl (C=O) groups excluding carboxylic acids is 2. The van der Waals surface area contributed by atoms with Gasteiger partial charge in [-0.1, -0.05) is 0 Å². The van der Waals surface area contributed by atoms with Crippen LogP contribution in [0.25, 0.3) is 0 Å². The normalized spacial score (nSPS) is 10.9. The molecule has 0 radical (unpaired) electrons. The van der Waals surface area contributed by atoms with Crippen molar-refractivity contribution in [2.45, 2.75) is 13.0 Å². The first kappa shape index (κ1) is 17.2. The van der Waals surface area contributed by atoms with Gasteiger partial charge in [-0.25, -0.2) is 4.79 Å². The summed E-state index contributed by atoms with van der Waals surface area (Å²) in [6.07, 6.45) is 0. The molecule has 0 aromatic heterocycles. The zero-order valence-corrected chi connectivity index (χ0v) is 11.5. The summed E-state index contributed by atoms with van der Waals surface area (Å²) in [5, 5.41) is 2.63. The Morgan fingerprint density at radius 2 is 1.89 bits per heavy atom. The highest BCUT2D eigenvalue weighted by Gasteiger charge is 2.07. The Hall–Kier alpha value is -1.79. The van der Waals surface area contributed by atoms with Crippen LogP contribution in [0.1, 0.15) is 6.92 Å². The van der Waals surface area contributed by atoms with Gasteiger partial charge in [0.1, 0.15) is 5.75 Å². The number of carbonyl (C=O) groups is 2. The number of halogens is 1. The minimum absolute atomic E-state index is 0. The summed E-state index contributed by atoms with van der Waals surface area (Å²) in [5.41, 5.74) is 6.04. The highest BCUT2D eigenvalue weighted by molar-refractivity contribution is 5.94. The van der Waals surface area contributed by atoms with E-state index in [0.717, 1.165) is 0 Å². The average Bonchev–Trinajstić information content (AvgIpc) is 2.37. The number of hydrogen-bond acceptors (Lipinski definition) is 5. The third kappa shape index (κ3) is 6.08. The van der Waals surface area contributed by atoms with Crippen molar-refractivity contribution in [3.63, 3.8) is 0 Å². The van der Waals surface area contributed by atoms with Gasteiger partial charge in [0.2, 0.25) is 5.91 Å². The molecule has 6 nitrogen and oxygen atoms in total. The fourth-order valence-electron chi connectivity index (χ4n) is 1.09. The van der Waals surface area contributed by atoms with Crippen LogP contribution >= 0.6 is 12.4 Å². The van der Waals surface area contributed by atoms with Crippen molar-refractivity contribution in [1.82, 2.24) is 0 Å². The van der Waals surface area contributed by atoms with Crippen LogP contribution in [0.15, 0.2) is 24.3 Å². The first-order valence-electron chi connectivity index (χ1n) is 5.39. The predicted molar refractivity (Wildman–Crippen MR) is 73.5 cm³/mol. The lowest BCUT2D eigenvalue weighted by molar-refractivity contribution is -0.142. The maximum absolute atomic E-state index is 11.3. The number of ether oxygens (including phenoxy) is 2. The molecule has 7 heteroatoms. The maximum atomic E-state index is 11.3. The molecule has 1 amide bonds. The minimum atomic E-state index is -0.569. The lowest BCUT2D eigenvalue weighted by atomic mass is 10.2. The van der Waals surface area contributed by atoms with E-state index in [4.69, 9.17) is 10.5 Å². The molecule has 19 heavy (non-hydrogen) atoms. The topological polar surface area (TPSA) is 90.6 Å². The van der Waals surface area contributed by atoms with Crippen molar-refractivity contribution in [1.29, 1.82) is 0 Å². The summed E-state index contributed by atoms with van der Waals surface area (Å²) >= 11 is 0. The van der Waals surface area contributed by atoms with E-state index in [1.54, 1.807) is 31.2 Å². The number of anilines is 1. The van der Waals surface area contributed by atoms with E-state index >= 15 is 0 Å². The molecule has 1 aromatic rings. The second kappa shape index (κ2) is 8.34. The number of methoxy groups -OCH3 is 1. The highest BCUT2D eigenvalue weighted by atomic mass is 35.5. The zero-order valence-electron chi connectivity index (χ0n) is 10.7. The van der Waals surface area contributed by atoms with Gasteiger partial charge < -0.3 is 20.5 Å². The van der Waals surface area contributed by atoms with E-state index in [-0.39, 0.29) is 24.9 Å². The fourth-order valence-corrected chi connectivity index (χ4v) is 1.09. The van der Waals surface area contributed by atoms with E-state index in [9.17, 15) is 9.59 Å². The predicted octanol–water partition coefficient (Wildman–Crippen LogP) is 0.946. The van der Waals surface area contributed by atoms with Gasteiger partial charge in [0, 0.05) is 5.69 Å². The van der Waals surface area contributed by atoms with E-state index in [1.165, 1.54) is 7.11 Å². The van der Waals surface area contributed by atoms with Gasteiger partial charge in [-0.3, -0.25) is 4.79 Å². The van der Waals surface area contributed by atoms with Crippen LogP contribution < -0.4 is 15.8 Å². The molecule has 1 atom stereocenters. The highest BCUT2D eigenvalue weighted by Crippen LogP contribution is 2.15. The van der Waals surface area contributed by atoms with Crippen molar-refractivity contribution >= 4 is 30.0 Å². The Morgan fingerprint density at radius 3 is 2.37 bits per heavy atom. The largest absolute Gasteiger partial charge is 0.482 e. The Kier molecular flexibility index (Phi) is 7.55. The van der Waals surface area contributed by atoms with Crippen LogP contribution in [0.3, 0.4) is 0 Å². The molecule has 0 saturated heterocycles. The van der Waals surface area contributed by atoms with E-state index < -0.39 is 12.0 Å². The summed E-state index contributed by atoms with van der Waals surface area (Å²) in [5.74, 6) is -0.207. The van der Waals surface area contributed by atoms with Gasteiger partial charge in [0.25, 0.3) is 0 Å². The second-order valence-corrected chi connectivity index (χ2v) is 3.67. The molecule has 0 spiro atoms. The van der Waals surface area contributed by atoms with E-state index in [0.29, 0.717) is 11.4 Å². The molecule has 106 valence electrons. The standard InChI is InChI=1S/C12H16N2O4.ClH/c1-8(13)12(16)14-9-3-5-10(6-4-9)18-7-11(15)17-2;/h3-6,8H,7,13H2,1-2H3,(H,14,16);1H/t8-;/m0./s1. The van der Waals surface area contributed by atoms with Crippen molar-refractivity contribution in [3.05, 3.63) is 24.3 Å². The molecule has 0 saturated carbocycles. The number of rotatable bonds is 5. The van der Waals surface area contributed by atoms with Crippen molar-refractivity contribution in [2.24, 2.45) is 5.73 Å². The maximum Gasteiger partial charge on any atom is 0.343 e. The van der Waals surface area contributed by atoms with Gasteiger partial charge in [0.05, 0.1) is 13.2 Å². The summed E-state index contributed by atoms with van der Waals surface area (Å²) in [7, 11) is 1.29. The molecule has 0 aliphatic heterocycles. The Bertz CT molecular complexity index is 420. The Labute approximate surface area is 117 Å². The quantitative estimate of drug-likeness (QED) is 0.787. The first-order valence-corrected chi connectivity index (χ1v) is 5.39. The lowest BCUT2D eigenvalue weighted by Gasteiger charge is -2.09. The van der Waals surface area contributed by atoms with Crippen LogP contribution in [0.2, 0.25) is 0 Å². The Balaban J connectivity index is 0.00000324. The van der Waals surface area contributed by atoms with Gasteiger partial charge in [-0.2, -0.15) is 0 Å². The number of nitrogens with two attached hydrogens (primary N) is 1. The molecular formula is C12H17ClN2O4. The number of esters is 1. The van der Waals surface area contributed by atoms with Gasteiger partial charge in [-0.15, -0.1) is 12.4 Å². The van der Waals surface area contributed by atoms with Crippen LogP contribution in [0, 0.1) is 0 Å². The monoisotopic (exact) mass is 288 g/mol. The molecule has 0 bridgehead atoms. The second-order valence-electron chi connectivity index (χ2n) is 3.67. The number of nitrogens with one attached hydrogen (secondary N) is 1. The van der Waals surface area contributed by atoms with Crippen LogP contribution in [0.5, 0.6) is 5.75 Å². The average molecular weight is 289 g/mol. The zero-order chi connectivity index (χ0) is 13.5. The van der Waals surface area contributed by atoms with Crippen molar-refractivity contribution < 1.29 is 19.1 Å². The molecular weight excluding hydrogens is 272 g/mol. The number of amides is 1. The van der Waals surface area contributed by atoms with Crippen LogP contribution in [-0.2, 0) is 14.3 Å². The third-order valence-electron chi connectivity index (χ3n) is 2.12. The first-order chi connectivity index (χ1) is 8.52. The minimum Gasteiger partial charge on any atom is -0.482 e. The van der Waals surface area contributed by atoms with E-state index in [2.05, 4.69) is 10.1 Å². The molecule has 0 aliphatic carbocycles. The third-order valence-corrected chi connectivity index (χ3v) is 2.12. The molecule has 0 fully saturated rings. The van der Waals surface area contributed by atoms with Gasteiger partial charge in [-0.05, 0) is 31.2 Å². The number of benzene rings is 1. The van der Waals surface area contributed by atoms with Crippen LogP contribution in [-0.4, -0.2) is 31.6 Å². The van der Waals surface area contributed by atoms with Gasteiger partial charge >= 0.3 is 5.97 Å². The summed E-state index contributed by atoms with van der Waals surface area (Å²) in [6, 6.07) is 6.03. The van der Waals surface area contributed by atoms with Crippen molar-refractivity contribution in [3.8, 4) is 5.75 Å². The van der Waals surface area contributed by atoms with E-state index in [1.807, 2.05) is 0 Å². The fraction of sp³-hybridized carbons (Fsp3) is 0.333. The molecule has 0 aliphatic rings. The number of hydrogen-bond donors (Lipinski definition) is 2. The Morgan fingerprint density at radius 1 is 1.32 bits per heavy atom. The van der Waals surface area contributed by atoms with Crippen molar-refractivity contribution in [2.75, 3.05) is 19.0 Å². The molecule has 0 unspecified atom stereocenters. The lowest BCUT2D eigenvalue weighted by Crippen LogP contribution is -2.32. The summed E-state index contributed by atoms with van der Waals surface area (Å²) < 4.78 is 9.59. The van der Waals surface area contributed by atoms with Gasteiger partial charge in [0.15, 0.2) is 6.61 Å². The molecule has 1 rings (SSSR count). The molecule has 3 N–H and O–H groups in total. The summed E-state index contributed by atoms with van der Waals surface area (Å²) in [6.45, 7) is 1.45. The smallest absolute Gasteiger partial charge is 0.343 e.